The van der Waals surface area contributed by atoms with E-state index in [9.17, 15) is 14.4 Å². The van der Waals surface area contributed by atoms with Crippen LogP contribution in [0.2, 0.25) is 5.02 Å². The van der Waals surface area contributed by atoms with Gasteiger partial charge in [0.15, 0.2) is 0 Å². The molecule has 0 aliphatic carbocycles. The number of anilines is 1. The summed E-state index contributed by atoms with van der Waals surface area (Å²) < 4.78 is 3.16. The van der Waals surface area contributed by atoms with E-state index >= 15 is 0 Å². The summed E-state index contributed by atoms with van der Waals surface area (Å²) in [6.07, 6.45) is 0.131. The van der Waals surface area contributed by atoms with Gasteiger partial charge < -0.3 is 10.2 Å². The van der Waals surface area contributed by atoms with E-state index in [0.717, 1.165) is 11.0 Å². The molecule has 3 aromatic rings. The normalized spacial score (nSPS) is 10.9. The van der Waals surface area contributed by atoms with Crippen molar-refractivity contribution in [2.45, 2.75) is 26.8 Å². The molecule has 2 aromatic carbocycles. The molecule has 0 spiro atoms. The molecule has 0 radical (unpaired) electrons. The predicted octanol–water partition coefficient (Wildman–Crippen LogP) is 3.50. The molecular formula is C22H25ClN4O3. The SMILES string of the molecule is CCN(CC)C(=O)c1ccc(NC(=O)CCn2c(=O)n(C)c3ccccc32)cc1Cl. The molecule has 0 saturated carbocycles. The maximum absolute atomic E-state index is 12.5. The van der Waals surface area contributed by atoms with Gasteiger partial charge in [-0.1, -0.05) is 23.7 Å². The van der Waals surface area contributed by atoms with Crippen LogP contribution in [-0.4, -0.2) is 38.9 Å². The van der Waals surface area contributed by atoms with E-state index in [0.29, 0.717) is 24.3 Å². The van der Waals surface area contributed by atoms with E-state index in [1.54, 1.807) is 39.3 Å². The average Bonchev–Trinajstić information content (AvgIpc) is 2.97. The van der Waals surface area contributed by atoms with E-state index in [1.165, 1.54) is 0 Å². The summed E-state index contributed by atoms with van der Waals surface area (Å²) in [5.74, 6) is -0.382. The second kappa shape index (κ2) is 9.17. The van der Waals surface area contributed by atoms with Crippen molar-refractivity contribution >= 4 is 40.1 Å². The Balaban J connectivity index is 1.69. The van der Waals surface area contributed by atoms with Crippen molar-refractivity contribution < 1.29 is 9.59 Å². The lowest BCUT2D eigenvalue weighted by Gasteiger charge is -2.19. The van der Waals surface area contributed by atoms with Crippen LogP contribution in [0.5, 0.6) is 0 Å². The minimum atomic E-state index is -0.242. The van der Waals surface area contributed by atoms with Gasteiger partial charge in [-0.25, -0.2) is 4.79 Å². The number of nitrogens with zero attached hydrogens (tertiary/aromatic N) is 3. The van der Waals surface area contributed by atoms with Crippen molar-refractivity contribution in [2.24, 2.45) is 7.05 Å². The standard InChI is InChI=1S/C22H25ClN4O3/c1-4-26(5-2)21(29)16-11-10-15(14-17(16)23)24-20(28)12-13-27-19-9-7-6-8-18(19)25(3)22(27)30/h6-11,14H,4-5,12-13H2,1-3H3,(H,24,28). The fourth-order valence-corrected chi connectivity index (χ4v) is 3.72. The predicted molar refractivity (Wildman–Crippen MR) is 119 cm³/mol. The van der Waals surface area contributed by atoms with Gasteiger partial charge in [0.2, 0.25) is 5.91 Å². The number of hydrogen-bond acceptors (Lipinski definition) is 3. The summed E-state index contributed by atoms with van der Waals surface area (Å²) in [6.45, 7) is 5.27. The highest BCUT2D eigenvalue weighted by Gasteiger charge is 2.17. The molecule has 1 aromatic heterocycles. The number of aryl methyl sites for hydroxylation is 2. The first-order chi connectivity index (χ1) is 14.4. The zero-order valence-corrected chi connectivity index (χ0v) is 18.1. The van der Waals surface area contributed by atoms with E-state index in [2.05, 4.69) is 5.32 Å². The molecule has 3 rings (SSSR count). The van der Waals surface area contributed by atoms with Crippen LogP contribution in [0.15, 0.2) is 47.3 Å². The molecule has 1 N–H and O–H groups in total. The summed E-state index contributed by atoms with van der Waals surface area (Å²) in [6, 6.07) is 12.3. The topological polar surface area (TPSA) is 76.3 Å². The van der Waals surface area contributed by atoms with Crippen molar-refractivity contribution in [1.29, 1.82) is 0 Å². The molecule has 0 aliphatic heterocycles. The molecule has 1 heterocycles. The van der Waals surface area contributed by atoms with Crippen LogP contribution < -0.4 is 11.0 Å². The van der Waals surface area contributed by atoms with Gasteiger partial charge in [0, 0.05) is 38.8 Å². The van der Waals surface area contributed by atoms with Gasteiger partial charge in [0.1, 0.15) is 0 Å². The zero-order chi connectivity index (χ0) is 21.8. The molecule has 7 nitrogen and oxygen atoms in total. The van der Waals surface area contributed by atoms with Crippen LogP contribution in [0.25, 0.3) is 11.0 Å². The fourth-order valence-electron chi connectivity index (χ4n) is 3.46. The minimum absolute atomic E-state index is 0.131. The number of amides is 2. The van der Waals surface area contributed by atoms with Gasteiger partial charge in [0.05, 0.1) is 21.6 Å². The van der Waals surface area contributed by atoms with Crippen LogP contribution in [0.3, 0.4) is 0 Å². The third-order valence-corrected chi connectivity index (χ3v) is 5.46. The Morgan fingerprint density at radius 3 is 2.37 bits per heavy atom. The maximum atomic E-state index is 12.5. The van der Waals surface area contributed by atoms with E-state index in [1.807, 2.05) is 38.1 Å². The number of para-hydroxylation sites is 2. The van der Waals surface area contributed by atoms with Gasteiger partial charge in [-0.2, -0.15) is 0 Å². The molecule has 0 unspecified atom stereocenters. The number of aromatic nitrogens is 2. The van der Waals surface area contributed by atoms with Gasteiger partial charge in [0.25, 0.3) is 5.91 Å². The molecule has 0 atom stereocenters. The number of imidazole rings is 1. The first kappa shape index (κ1) is 21.6. The van der Waals surface area contributed by atoms with Crippen LogP contribution >= 0.6 is 11.6 Å². The largest absolute Gasteiger partial charge is 0.339 e. The fraction of sp³-hybridized carbons (Fsp3) is 0.318. The lowest BCUT2D eigenvalue weighted by atomic mass is 10.1. The second-order valence-electron chi connectivity index (χ2n) is 6.95. The number of halogens is 1. The molecular weight excluding hydrogens is 404 g/mol. The van der Waals surface area contributed by atoms with Crippen LogP contribution in [0.1, 0.15) is 30.6 Å². The number of nitrogens with one attached hydrogen (secondary N) is 1. The molecule has 0 aliphatic rings. The number of fused-ring (bicyclic) bond motifs is 1. The quantitative estimate of drug-likeness (QED) is 0.625. The van der Waals surface area contributed by atoms with E-state index < -0.39 is 0 Å². The summed E-state index contributed by atoms with van der Waals surface area (Å²) in [7, 11) is 1.71. The molecule has 0 fully saturated rings. The Morgan fingerprint density at radius 2 is 1.73 bits per heavy atom. The number of benzene rings is 2. The van der Waals surface area contributed by atoms with Crippen molar-refractivity contribution in [3.05, 3.63) is 63.5 Å². The number of hydrogen-bond donors (Lipinski definition) is 1. The van der Waals surface area contributed by atoms with Crippen molar-refractivity contribution in [3.63, 3.8) is 0 Å². The first-order valence-corrected chi connectivity index (χ1v) is 10.3. The van der Waals surface area contributed by atoms with Gasteiger partial charge in [-0.05, 0) is 44.2 Å². The second-order valence-corrected chi connectivity index (χ2v) is 7.36. The first-order valence-electron chi connectivity index (χ1n) is 9.90. The summed E-state index contributed by atoms with van der Waals surface area (Å²) in [5, 5.41) is 3.07. The third kappa shape index (κ3) is 4.26. The van der Waals surface area contributed by atoms with E-state index in [4.69, 9.17) is 11.6 Å². The molecule has 0 saturated heterocycles. The average molecular weight is 429 g/mol. The zero-order valence-electron chi connectivity index (χ0n) is 17.3. The highest BCUT2D eigenvalue weighted by Crippen LogP contribution is 2.23. The highest BCUT2D eigenvalue weighted by molar-refractivity contribution is 6.34. The molecule has 8 heteroatoms. The molecule has 2 amide bonds. The van der Waals surface area contributed by atoms with Gasteiger partial charge >= 0.3 is 5.69 Å². The van der Waals surface area contributed by atoms with Gasteiger partial charge in [-0.15, -0.1) is 0 Å². The smallest absolute Gasteiger partial charge is 0.328 e. The lowest BCUT2D eigenvalue weighted by molar-refractivity contribution is -0.116. The van der Waals surface area contributed by atoms with Crippen LogP contribution in [-0.2, 0) is 18.4 Å². The minimum Gasteiger partial charge on any atom is -0.339 e. The summed E-state index contributed by atoms with van der Waals surface area (Å²) in [4.78, 5) is 39.0. The monoisotopic (exact) mass is 428 g/mol. The van der Waals surface area contributed by atoms with Crippen LogP contribution in [0, 0.1) is 0 Å². The van der Waals surface area contributed by atoms with Gasteiger partial charge in [-0.3, -0.25) is 18.7 Å². The Kier molecular flexibility index (Phi) is 6.62. The van der Waals surface area contributed by atoms with Crippen LogP contribution in [0.4, 0.5) is 5.69 Å². The van der Waals surface area contributed by atoms with Crippen molar-refractivity contribution in [2.75, 3.05) is 18.4 Å². The third-order valence-electron chi connectivity index (χ3n) is 5.15. The number of rotatable bonds is 7. The number of carbonyl (C=O) groups is 2. The van der Waals surface area contributed by atoms with Crippen molar-refractivity contribution in [3.8, 4) is 0 Å². The maximum Gasteiger partial charge on any atom is 0.328 e. The Hall–Kier alpha value is -3.06. The number of carbonyl (C=O) groups excluding carboxylic acids is 2. The Bertz CT molecular complexity index is 1140. The molecule has 158 valence electrons. The Labute approximate surface area is 179 Å². The Morgan fingerprint density at radius 1 is 1.07 bits per heavy atom. The summed E-state index contributed by atoms with van der Waals surface area (Å²) >= 11 is 6.28. The highest BCUT2D eigenvalue weighted by atomic mass is 35.5. The molecule has 30 heavy (non-hydrogen) atoms. The lowest BCUT2D eigenvalue weighted by Crippen LogP contribution is -2.30. The molecule has 0 bridgehead atoms. The van der Waals surface area contributed by atoms with E-state index in [-0.39, 0.29) is 35.5 Å². The summed E-state index contributed by atoms with van der Waals surface area (Å²) in [5.41, 5.74) is 2.36. The van der Waals surface area contributed by atoms with Crippen molar-refractivity contribution in [1.82, 2.24) is 14.0 Å².